The lowest BCUT2D eigenvalue weighted by Crippen LogP contribution is -2.16. The summed E-state index contributed by atoms with van der Waals surface area (Å²) in [6.07, 6.45) is 8.19. The second-order valence-corrected chi connectivity index (χ2v) is 5.90. The Labute approximate surface area is 117 Å². The van der Waals surface area contributed by atoms with Gasteiger partial charge < -0.3 is 0 Å². The minimum atomic E-state index is -0.864. The summed E-state index contributed by atoms with van der Waals surface area (Å²) >= 11 is 0. The monoisotopic (exact) mass is 276 g/mol. The summed E-state index contributed by atoms with van der Waals surface area (Å²) in [4.78, 5) is 12.4. The molecule has 1 aromatic rings. The molecule has 0 spiro atoms. The van der Waals surface area contributed by atoms with Crippen LogP contribution in [-0.4, -0.2) is 5.78 Å². The molecule has 106 valence electrons. The van der Waals surface area contributed by atoms with E-state index in [-0.39, 0.29) is 11.7 Å². The molecular weight excluding hydrogens is 258 g/mol. The van der Waals surface area contributed by atoms with Crippen LogP contribution in [0.2, 0.25) is 0 Å². The molecule has 0 amide bonds. The molecule has 3 heteroatoms. The highest BCUT2D eigenvalue weighted by Crippen LogP contribution is 2.40. The van der Waals surface area contributed by atoms with Crippen molar-refractivity contribution in [3.8, 4) is 0 Å². The maximum Gasteiger partial charge on any atom is 0.162 e. The summed E-state index contributed by atoms with van der Waals surface area (Å²) in [5.41, 5.74) is 1.34. The molecule has 2 fully saturated rings. The van der Waals surface area contributed by atoms with Crippen LogP contribution in [0.15, 0.2) is 23.8 Å². The lowest BCUT2D eigenvalue weighted by atomic mass is 9.88. The van der Waals surface area contributed by atoms with Crippen LogP contribution in [-0.2, 0) is 4.79 Å². The van der Waals surface area contributed by atoms with Crippen molar-refractivity contribution in [2.75, 3.05) is 0 Å². The van der Waals surface area contributed by atoms with Gasteiger partial charge in [0.15, 0.2) is 17.4 Å². The molecule has 0 bridgehead atoms. The molecule has 1 atom stereocenters. The Kier molecular flexibility index (Phi) is 3.68. The van der Waals surface area contributed by atoms with Crippen molar-refractivity contribution in [1.82, 2.24) is 0 Å². The first-order chi connectivity index (χ1) is 9.65. The topological polar surface area (TPSA) is 17.1 Å². The molecule has 0 aliphatic heterocycles. The van der Waals surface area contributed by atoms with Gasteiger partial charge in [-0.3, -0.25) is 4.79 Å². The van der Waals surface area contributed by atoms with Crippen LogP contribution in [0.1, 0.15) is 44.1 Å². The van der Waals surface area contributed by atoms with Crippen LogP contribution < -0.4 is 0 Å². The van der Waals surface area contributed by atoms with Crippen molar-refractivity contribution >= 4 is 11.9 Å². The summed E-state index contributed by atoms with van der Waals surface area (Å²) in [5.74, 6) is -0.792. The minimum absolute atomic E-state index is 0.161. The third-order valence-corrected chi connectivity index (χ3v) is 4.63. The number of ketones is 1. The van der Waals surface area contributed by atoms with Gasteiger partial charge in [-0.05, 0) is 60.9 Å². The number of halogens is 2. The van der Waals surface area contributed by atoms with Gasteiger partial charge in [0.25, 0.3) is 0 Å². The van der Waals surface area contributed by atoms with Crippen molar-refractivity contribution < 1.29 is 13.6 Å². The smallest absolute Gasteiger partial charge is 0.162 e. The molecule has 0 N–H and O–H groups in total. The minimum Gasteiger partial charge on any atom is -0.294 e. The molecular formula is C17H18F2O. The number of carbonyl (C=O) groups excluding carboxylic acids is 1. The molecule has 2 aliphatic carbocycles. The quantitative estimate of drug-likeness (QED) is 0.726. The second-order valence-electron chi connectivity index (χ2n) is 5.90. The van der Waals surface area contributed by atoms with Crippen LogP contribution in [0.5, 0.6) is 0 Å². The first-order valence-electron chi connectivity index (χ1n) is 7.35. The van der Waals surface area contributed by atoms with E-state index in [9.17, 15) is 13.6 Å². The standard InChI is InChI=1S/C17H18F2O/c18-15-8-5-11(10-16(15)19)9-13-6-7-14(17(13)20)12-3-1-2-4-12/h5,8-10,12,14H,1-4,6-7H2. The van der Waals surface area contributed by atoms with Crippen LogP contribution in [0.4, 0.5) is 8.78 Å². The van der Waals surface area contributed by atoms with Crippen LogP contribution in [0.25, 0.3) is 6.08 Å². The fourth-order valence-electron chi connectivity index (χ4n) is 3.56. The number of rotatable bonds is 2. The van der Waals surface area contributed by atoms with Crippen molar-refractivity contribution in [3.63, 3.8) is 0 Å². The van der Waals surface area contributed by atoms with Gasteiger partial charge in [0.05, 0.1) is 0 Å². The fraction of sp³-hybridized carbons (Fsp3) is 0.471. The maximum absolute atomic E-state index is 13.2. The van der Waals surface area contributed by atoms with Crippen LogP contribution in [0.3, 0.4) is 0 Å². The van der Waals surface area contributed by atoms with Crippen LogP contribution in [0, 0.1) is 23.5 Å². The van der Waals surface area contributed by atoms with E-state index in [0.717, 1.165) is 43.4 Å². The Morgan fingerprint density at radius 2 is 1.80 bits per heavy atom. The molecule has 1 aromatic carbocycles. The Morgan fingerprint density at radius 1 is 1.05 bits per heavy atom. The van der Waals surface area contributed by atoms with E-state index in [1.165, 1.54) is 18.9 Å². The molecule has 0 radical (unpaired) electrons. The Bertz CT molecular complexity index is 556. The molecule has 2 saturated carbocycles. The van der Waals surface area contributed by atoms with Crippen LogP contribution >= 0.6 is 0 Å². The van der Waals surface area contributed by atoms with Crippen molar-refractivity contribution in [2.24, 2.45) is 11.8 Å². The Hall–Kier alpha value is -1.51. The largest absolute Gasteiger partial charge is 0.294 e. The highest BCUT2D eigenvalue weighted by Gasteiger charge is 2.36. The van der Waals surface area contributed by atoms with Gasteiger partial charge in [-0.1, -0.05) is 18.9 Å². The predicted molar refractivity (Wildman–Crippen MR) is 74.0 cm³/mol. The highest BCUT2D eigenvalue weighted by atomic mass is 19.2. The first kappa shape index (κ1) is 13.5. The molecule has 0 heterocycles. The zero-order valence-electron chi connectivity index (χ0n) is 11.4. The SMILES string of the molecule is O=C1C(=Cc2ccc(F)c(F)c2)CCC1C1CCCC1. The van der Waals surface area contributed by atoms with E-state index < -0.39 is 11.6 Å². The van der Waals surface area contributed by atoms with Gasteiger partial charge in [0, 0.05) is 5.92 Å². The molecule has 1 nitrogen and oxygen atoms in total. The zero-order valence-corrected chi connectivity index (χ0v) is 11.4. The fourth-order valence-corrected chi connectivity index (χ4v) is 3.56. The van der Waals surface area contributed by atoms with E-state index >= 15 is 0 Å². The molecule has 2 aliphatic rings. The summed E-state index contributed by atoms with van der Waals surface area (Å²) in [7, 11) is 0. The van der Waals surface area contributed by atoms with Crippen molar-refractivity contribution in [1.29, 1.82) is 0 Å². The number of hydrogen-bond acceptors (Lipinski definition) is 1. The molecule has 0 saturated heterocycles. The lowest BCUT2D eigenvalue weighted by Gasteiger charge is -2.15. The Balaban J connectivity index is 1.78. The van der Waals surface area contributed by atoms with E-state index in [1.807, 2.05) is 0 Å². The third kappa shape index (κ3) is 2.54. The summed E-state index contributed by atoms with van der Waals surface area (Å²) in [6.45, 7) is 0. The first-order valence-corrected chi connectivity index (χ1v) is 7.35. The summed E-state index contributed by atoms with van der Waals surface area (Å²) in [6, 6.07) is 3.77. The number of benzene rings is 1. The average molecular weight is 276 g/mol. The normalized spacial score (nSPS) is 25.8. The van der Waals surface area contributed by atoms with Crippen molar-refractivity contribution in [2.45, 2.75) is 38.5 Å². The Morgan fingerprint density at radius 3 is 2.50 bits per heavy atom. The molecule has 1 unspecified atom stereocenters. The van der Waals surface area contributed by atoms with Gasteiger partial charge in [0.2, 0.25) is 0 Å². The van der Waals surface area contributed by atoms with Gasteiger partial charge >= 0.3 is 0 Å². The summed E-state index contributed by atoms with van der Waals surface area (Å²) in [5, 5.41) is 0. The van der Waals surface area contributed by atoms with E-state index in [4.69, 9.17) is 0 Å². The third-order valence-electron chi connectivity index (χ3n) is 4.63. The van der Waals surface area contributed by atoms with Gasteiger partial charge in [-0.25, -0.2) is 8.78 Å². The van der Waals surface area contributed by atoms with Gasteiger partial charge in [-0.2, -0.15) is 0 Å². The van der Waals surface area contributed by atoms with Gasteiger partial charge in [0.1, 0.15) is 0 Å². The number of carbonyl (C=O) groups is 1. The lowest BCUT2D eigenvalue weighted by molar-refractivity contribution is -0.119. The van der Waals surface area contributed by atoms with E-state index in [0.29, 0.717) is 11.5 Å². The van der Waals surface area contributed by atoms with Crippen molar-refractivity contribution in [3.05, 3.63) is 41.0 Å². The predicted octanol–water partition coefficient (Wildman–Crippen LogP) is 4.52. The number of Topliss-reactive ketones (excluding diaryl/α,β-unsaturated/α-hetero) is 1. The molecule has 3 rings (SSSR count). The second kappa shape index (κ2) is 5.47. The maximum atomic E-state index is 13.2. The molecule has 20 heavy (non-hydrogen) atoms. The summed E-state index contributed by atoms with van der Waals surface area (Å²) < 4.78 is 26.1. The molecule has 0 aromatic heterocycles. The average Bonchev–Trinajstić information content (AvgIpc) is 3.05. The highest BCUT2D eigenvalue weighted by molar-refractivity contribution is 6.03. The number of hydrogen-bond donors (Lipinski definition) is 0. The number of allylic oxidation sites excluding steroid dienone is 1. The van der Waals surface area contributed by atoms with Gasteiger partial charge in [-0.15, -0.1) is 0 Å². The zero-order chi connectivity index (χ0) is 14.1. The van der Waals surface area contributed by atoms with E-state index in [1.54, 1.807) is 6.08 Å². The van der Waals surface area contributed by atoms with E-state index in [2.05, 4.69) is 0 Å².